The molecule has 0 bridgehead atoms. The lowest BCUT2D eigenvalue weighted by molar-refractivity contribution is 0.0950. The molecule has 0 aliphatic carbocycles. The molecule has 2 aromatic heterocycles. The number of phenolic OH excluding ortho intramolecular Hbond substituents is 1. The molecule has 0 aliphatic rings. The van der Waals surface area contributed by atoms with E-state index < -0.39 is 5.91 Å². The SMILES string of the molecule is COc1cc(/C=N/NC(=O)c2nnn(-c3nonc3N)c2-c2ccc(C)cc2)cc(Br)c1O. The number of halogens is 1. The van der Waals surface area contributed by atoms with Gasteiger partial charge in [-0.15, -0.1) is 5.10 Å². The first-order valence-corrected chi connectivity index (χ1v) is 10.2. The minimum Gasteiger partial charge on any atom is -0.503 e. The van der Waals surface area contributed by atoms with Crippen LogP contribution in [0.4, 0.5) is 5.82 Å². The second-order valence-corrected chi connectivity index (χ2v) is 7.64. The quantitative estimate of drug-likeness (QED) is 0.259. The van der Waals surface area contributed by atoms with Crippen molar-refractivity contribution in [3.05, 3.63) is 57.7 Å². The van der Waals surface area contributed by atoms with Crippen molar-refractivity contribution in [1.29, 1.82) is 0 Å². The molecule has 2 aromatic carbocycles. The number of aromatic hydroxyl groups is 1. The number of ether oxygens (including phenoxy) is 1. The Bertz CT molecular complexity index is 1350. The van der Waals surface area contributed by atoms with Crippen LogP contribution in [-0.4, -0.2) is 49.6 Å². The normalized spacial score (nSPS) is 11.1. The number of methoxy groups -OCH3 is 1. The van der Waals surface area contributed by atoms with Gasteiger partial charge in [0.05, 0.1) is 17.8 Å². The number of nitrogens with one attached hydrogen (secondary N) is 1. The molecule has 0 unspecified atom stereocenters. The Morgan fingerprint density at radius 2 is 2.06 bits per heavy atom. The van der Waals surface area contributed by atoms with E-state index in [1.54, 1.807) is 12.1 Å². The zero-order valence-corrected chi connectivity index (χ0v) is 18.9. The first-order valence-electron chi connectivity index (χ1n) is 9.40. The van der Waals surface area contributed by atoms with E-state index in [1.165, 1.54) is 18.0 Å². The van der Waals surface area contributed by atoms with E-state index in [4.69, 9.17) is 10.5 Å². The van der Waals surface area contributed by atoms with Gasteiger partial charge >= 0.3 is 0 Å². The lowest BCUT2D eigenvalue weighted by atomic mass is 10.1. The Balaban J connectivity index is 1.66. The van der Waals surface area contributed by atoms with Crippen LogP contribution >= 0.6 is 15.9 Å². The van der Waals surface area contributed by atoms with Crippen molar-refractivity contribution in [1.82, 2.24) is 30.7 Å². The summed E-state index contributed by atoms with van der Waals surface area (Å²) in [6, 6.07) is 10.6. The lowest BCUT2D eigenvalue weighted by Gasteiger charge is -2.07. The molecule has 0 saturated carbocycles. The molecule has 4 aromatic rings. The number of amides is 1. The predicted octanol–water partition coefficient (Wildman–Crippen LogP) is 2.45. The van der Waals surface area contributed by atoms with E-state index in [2.05, 4.69) is 51.7 Å². The third kappa shape index (κ3) is 4.39. The fourth-order valence-corrected chi connectivity index (χ4v) is 3.39. The zero-order valence-electron chi connectivity index (χ0n) is 17.4. The molecule has 13 heteroatoms. The van der Waals surface area contributed by atoms with Gasteiger partial charge in [-0.1, -0.05) is 35.0 Å². The van der Waals surface area contributed by atoms with Crippen molar-refractivity contribution in [2.24, 2.45) is 5.10 Å². The van der Waals surface area contributed by atoms with E-state index in [0.29, 0.717) is 21.3 Å². The van der Waals surface area contributed by atoms with E-state index in [1.807, 2.05) is 31.2 Å². The van der Waals surface area contributed by atoms with Gasteiger partial charge in [0, 0.05) is 5.56 Å². The maximum absolute atomic E-state index is 12.9. The van der Waals surface area contributed by atoms with Gasteiger partial charge in [0.15, 0.2) is 17.2 Å². The fourth-order valence-electron chi connectivity index (χ4n) is 2.93. The van der Waals surface area contributed by atoms with Gasteiger partial charge in [-0.2, -0.15) is 9.78 Å². The number of phenols is 1. The van der Waals surface area contributed by atoms with Crippen LogP contribution in [0.3, 0.4) is 0 Å². The van der Waals surface area contributed by atoms with Crippen molar-refractivity contribution in [2.45, 2.75) is 6.92 Å². The van der Waals surface area contributed by atoms with Crippen LogP contribution in [-0.2, 0) is 0 Å². The van der Waals surface area contributed by atoms with E-state index in [9.17, 15) is 9.90 Å². The summed E-state index contributed by atoms with van der Waals surface area (Å²) >= 11 is 3.23. The molecule has 2 heterocycles. The topological polar surface area (TPSA) is 167 Å². The van der Waals surface area contributed by atoms with Crippen molar-refractivity contribution < 1.29 is 19.3 Å². The van der Waals surface area contributed by atoms with Crippen molar-refractivity contribution in [3.63, 3.8) is 0 Å². The van der Waals surface area contributed by atoms with Gasteiger partial charge in [0.2, 0.25) is 11.6 Å². The number of nitrogens with zero attached hydrogens (tertiary/aromatic N) is 6. The summed E-state index contributed by atoms with van der Waals surface area (Å²) in [4.78, 5) is 12.9. The molecule has 0 fully saturated rings. The molecule has 168 valence electrons. The summed E-state index contributed by atoms with van der Waals surface area (Å²) in [6.45, 7) is 1.94. The minimum absolute atomic E-state index is 0.00917. The number of benzene rings is 2. The summed E-state index contributed by atoms with van der Waals surface area (Å²) in [5.41, 5.74) is 10.8. The fraction of sp³-hybridized carbons (Fsp3) is 0.100. The molecule has 0 spiro atoms. The number of aromatic nitrogens is 5. The Labute approximate surface area is 195 Å². The van der Waals surface area contributed by atoms with Crippen molar-refractivity contribution in [2.75, 3.05) is 12.8 Å². The van der Waals surface area contributed by atoms with Gasteiger partial charge in [-0.05, 0) is 50.9 Å². The van der Waals surface area contributed by atoms with Crippen LogP contribution in [0.1, 0.15) is 21.6 Å². The molecule has 12 nitrogen and oxygen atoms in total. The van der Waals surface area contributed by atoms with Gasteiger partial charge in [0.25, 0.3) is 5.91 Å². The molecule has 1 amide bonds. The summed E-state index contributed by atoms with van der Waals surface area (Å²) in [5.74, 6) is -0.320. The third-order valence-electron chi connectivity index (χ3n) is 4.56. The average molecular weight is 513 g/mol. The molecule has 4 rings (SSSR count). The molecule has 0 atom stereocenters. The summed E-state index contributed by atoms with van der Waals surface area (Å²) in [7, 11) is 1.43. The molecular formula is C20H17BrN8O4. The highest BCUT2D eigenvalue weighted by Crippen LogP contribution is 2.34. The van der Waals surface area contributed by atoms with Gasteiger partial charge in [-0.25, -0.2) is 10.1 Å². The molecular weight excluding hydrogens is 496 g/mol. The average Bonchev–Trinajstić information content (AvgIpc) is 3.42. The molecule has 4 N–H and O–H groups in total. The summed E-state index contributed by atoms with van der Waals surface area (Å²) in [5, 5.41) is 29.2. The second kappa shape index (κ2) is 9.08. The number of nitrogen functional groups attached to an aromatic ring is 1. The first-order chi connectivity index (χ1) is 15.9. The predicted molar refractivity (Wildman–Crippen MR) is 121 cm³/mol. The van der Waals surface area contributed by atoms with E-state index in [-0.39, 0.29) is 28.8 Å². The number of nitrogens with two attached hydrogens (primary N) is 1. The van der Waals surface area contributed by atoms with Gasteiger partial charge < -0.3 is 15.6 Å². The largest absolute Gasteiger partial charge is 0.503 e. The number of hydrazone groups is 1. The van der Waals surface area contributed by atoms with Crippen LogP contribution in [0, 0.1) is 6.92 Å². The standard InChI is InChI=1S/C20H17BrN8O4/c1-10-3-5-12(6-4-10)16-15(24-28-29(16)19-18(22)26-33-27-19)20(31)25-23-9-11-7-13(21)17(30)14(8-11)32-2/h3-9,30H,1-2H3,(H2,22,26)(H,25,31)/b23-9+. The smallest absolute Gasteiger partial charge is 0.294 e. The van der Waals surface area contributed by atoms with Crippen molar-refractivity contribution >= 4 is 33.9 Å². The minimum atomic E-state index is -0.618. The number of hydrogen-bond acceptors (Lipinski definition) is 10. The van der Waals surface area contributed by atoms with E-state index >= 15 is 0 Å². The second-order valence-electron chi connectivity index (χ2n) is 6.79. The molecule has 0 aliphatic heterocycles. The Morgan fingerprint density at radius 3 is 2.73 bits per heavy atom. The number of anilines is 1. The van der Waals surface area contributed by atoms with Crippen LogP contribution in [0.5, 0.6) is 11.5 Å². The van der Waals surface area contributed by atoms with Crippen LogP contribution in [0.15, 0.2) is 50.6 Å². The number of carbonyl (C=O) groups is 1. The maximum Gasteiger partial charge on any atom is 0.294 e. The Morgan fingerprint density at radius 1 is 1.30 bits per heavy atom. The van der Waals surface area contributed by atoms with Crippen LogP contribution in [0.25, 0.3) is 17.1 Å². The Hall–Kier alpha value is -4.26. The summed E-state index contributed by atoms with van der Waals surface area (Å²) < 4.78 is 11.5. The highest BCUT2D eigenvalue weighted by molar-refractivity contribution is 9.10. The van der Waals surface area contributed by atoms with E-state index in [0.717, 1.165) is 5.56 Å². The lowest BCUT2D eigenvalue weighted by Crippen LogP contribution is -2.19. The molecule has 33 heavy (non-hydrogen) atoms. The summed E-state index contributed by atoms with van der Waals surface area (Å²) in [6.07, 6.45) is 1.39. The first kappa shape index (κ1) is 22.0. The van der Waals surface area contributed by atoms with Gasteiger partial charge in [0.1, 0.15) is 5.69 Å². The zero-order chi connectivity index (χ0) is 23.5. The Kier molecular flexibility index (Phi) is 6.04. The number of rotatable bonds is 6. The van der Waals surface area contributed by atoms with Crippen LogP contribution < -0.4 is 15.9 Å². The highest BCUT2D eigenvalue weighted by atomic mass is 79.9. The maximum atomic E-state index is 12.9. The third-order valence-corrected chi connectivity index (χ3v) is 5.16. The van der Waals surface area contributed by atoms with Crippen molar-refractivity contribution in [3.8, 4) is 28.6 Å². The van der Waals surface area contributed by atoms with Gasteiger partial charge in [-0.3, -0.25) is 4.79 Å². The molecule has 0 radical (unpaired) electrons. The molecule has 0 saturated heterocycles. The number of hydrogen-bond donors (Lipinski definition) is 3. The van der Waals surface area contributed by atoms with Crippen LogP contribution in [0.2, 0.25) is 0 Å². The monoisotopic (exact) mass is 512 g/mol. The number of aryl methyl sites for hydroxylation is 1. The highest BCUT2D eigenvalue weighted by Gasteiger charge is 2.25. The number of carbonyl (C=O) groups excluding carboxylic acids is 1.